The normalized spacial score (nSPS) is 14.2. The van der Waals surface area contributed by atoms with Crippen LogP contribution in [0.25, 0.3) is 11.5 Å². The summed E-state index contributed by atoms with van der Waals surface area (Å²) in [5, 5.41) is 2.84. The summed E-state index contributed by atoms with van der Waals surface area (Å²) in [5.41, 5.74) is 2.50. The Bertz CT molecular complexity index is 963. The number of nitrogens with zero attached hydrogens (tertiary/aromatic N) is 1. The summed E-state index contributed by atoms with van der Waals surface area (Å²) in [4.78, 5) is 16.5. The molecule has 3 heterocycles. The van der Waals surface area contributed by atoms with Crippen molar-refractivity contribution in [1.82, 2.24) is 10.3 Å². The van der Waals surface area contributed by atoms with E-state index in [4.69, 9.17) is 13.9 Å². The van der Waals surface area contributed by atoms with E-state index in [0.717, 1.165) is 29.0 Å². The van der Waals surface area contributed by atoms with Gasteiger partial charge in [-0.1, -0.05) is 18.2 Å². The first-order valence-electron chi connectivity index (χ1n) is 9.19. The monoisotopic (exact) mass is 378 g/mol. The fourth-order valence-corrected chi connectivity index (χ4v) is 3.20. The van der Waals surface area contributed by atoms with Crippen molar-refractivity contribution >= 4 is 5.91 Å². The highest BCUT2D eigenvalue weighted by Gasteiger charge is 2.32. The molecule has 4 rings (SSSR count). The van der Waals surface area contributed by atoms with Crippen molar-refractivity contribution in [3.05, 3.63) is 66.1 Å². The minimum atomic E-state index is -0.251. The van der Waals surface area contributed by atoms with Crippen LogP contribution in [0.15, 0.2) is 59.3 Å². The number of para-hydroxylation sites is 1. The number of pyridine rings is 1. The third-order valence-corrected chi connectivity index (χ3v) is 4.50. The summed E-state index contributed by atoms with van der Waals surface area (Å²) in [5.74, 6) is 1.84. The number of hydrogen-bond donors (Lipinski definition) is 1. The van der Waals surface area contributed by atoms with Gasteiger partial charge in [-0.05, 0) is 43.7 Å². The molecule has 1 N–H and O–H groups in total. The molecule has 1 aromatic carbocycles. The predicted molar refractivity (Wildman–Crippen MR) is 104 cm³/mol. The van der Waals surface area contributed by atoms with E-state index in [1.807, 2.05) is 56.3 Å². The van der Waals surface area contributed by atoms with Crippen LogP contribution < -0.4 is 14.8 Å². The second kappa shape index (κ2) is 7.38. The van der Waals surface area contributed by atoms with Crippen LogP contribution in [0.1, 0.15) is 25.0 Å². The van der Waals surface area contributed by atoms with Crippen LogP contribution in [0, 0.1) is 0 Å². The molecule has 0 atom stereocenters. The molecule has 0 bridgehead atoms. The fourth-order valence-electron chi connectivity index (χ4n) is 3.20. The van der Waals surface area contributed by atoms with Gasteiger partial charge in [0, 0.05) is 24.7 Å². The summed E-state index contributed by atoms with van der Waals surface area (Å²) in [6.45, 7) is 4.38. The number of hydrogen-bond acceptors (Lipinski definition) is 5. The molecule has 6 nitrogen and oxygen atoms in total. The molecule has 144 valence electrons. The quantitative estimate of drug-likeness (QED) is 0.707. The Kier molecular flexibility index (Phi) is 4.77. The molecular formula is C22H22N2O4. The van der Waals surface area contributed by atoms with Gasteiger partial charge in [-0.3, -0.25) is 9.78 Å². The zero-order chi connectivity index (χ0) is 19.6. The van der Waals surface area contributed by atoms with Gasteiger partial charge in [0.05, 0.1) is 6.26 Å². The van der Waals surface area contributed by atoms with Crippen molar-refractivity contribution in [3.63, 3.8) is 0 Å². The van der Waals surface area contributed by atoms with Gasteiger partial charge in [0.2, 0.25) is 0 Å². The molecule has 1 aliphatic heterocycles. The molecule has 2 aromatic heterocycles. The summed E-state index contributed by atoms with van der Waals surface area (Å²) in [7, 11) is 0. The molecule has 28 heavy (non-hydrogen) atoms. The highest BCUT2D eigenvalue weighted by atomic mass is 16.5. The lowest BCUT2D eigenvalue weighted by molar-refractivity contribution is -0.123. The average molecular weight is 378 g/mol. The second-order valence-corrected chi connectivity index (χ2v) is 7.38. The first-order chi connectivity index (χ1) is 13.5. The fraction of sp³-hybridized carbons (Fsp3) is 0.273. The van der Waals surface area contributed by atoms with Crippen LogP contribution in [0.4, 0.5) is 0 Å². The number of ether oxygens (including phenoxy) is 2. The average Bonchev–Trinajstić information content (AvgIpc) is 3.31. The van der Waals surface area contributed by atoms with E-state index < -0.39 is 0 Å². The number of rotatable bonds is 6. The second-order valence-electron chi connectivity index (χ2n) is 7.38. The lowest BCUT2D eigenvalue weighted by Crippen LogP contribution is -2.28. The molecule has 0 spiro atoms. The van der Waals surface area contributed by atoms with Crippen LogP contribution >= 0.6 is 0 Å². The van der Waals surface area contributed by atoms with Crippen LogP contribution in [0.2, 0.25) is 0 Å². The maximum atomic E-state index is 12.2. The lowest BCUT2D eigenvalue weighted by Gasteiger charge is -2.18. The zero-order valence-corrected chi connectivity index (χ0v) is 15.9. The molecule has 1 aliphatic rings. The Hall–Kier alpha value is -3.28. The molecular weight excluding hydrogens is 356 g/mol. The largest absolute Gasteiger partial charge is 0.483 e. The Morgan fingerprint density at radius 1 is 1.21 bits per heavy atom. The Labute approximate surface area is 163 Å². The first kappa shape index (κ1) is 18.1. The zero-order valence-electron chi connectivity index (χ0n) is 15.9. The smallest absolute Gasteiger partial charge is 0.258 e. The lowest BCUT2D eigenvalue weighted by atomic mass is 10.0. The van der Waals surface area contributed by atoms with E-state index in [-0.39, 0.29) is 18.1 Å². The standard InChI is InChI=1S/C22H22N2O4/c1-22(2)11-16-5-3-6-19(21(16)28-22)27-14-20(25)24-13-15-8-9-17(23-12-15)18-7-4-10-26-18/h3-10,12H,11,13-14H2,1-2H3,(H,24,25). The maximum absolute atomic E-state index is 12.2. The van der Waals surface area contributed by atoms with Gasteiger partial charge in [-0.25, -0.2) is 0 Å². The highest BCUT2D eigenvalue weighted by molar-refractivity contribution is 5.77. The van der Waals surface area contributed by atoms with Gasteiger partial charge < -0.3 is 19.2 Å². The molecule has 0 radical (unpaired) electrons. The van der Waals surface area contributed by atoms with Crippen molar-refractivity contribution in [2.24, 2.45) is 0 Å². The number of fused-ring (bicyclic) bond motifs is 1. The maximum Gasteiger partial charge on any atom is 0.258 e. The molecule has 0 unspecified atom stereocenters. The van der Waals surface area contributed by atoms with Gasteiger partial charge in [-0.2, -0.15) is 0 Å². The van der Waals surface area contributed by atoms with Crippen LogP contribution in [-0.4, -0.2) is 23.1 Å². The third kappa shape index (κ3) is 4.01. The number of carbonyl (C=O) groups is 1. The number of furan rings is 1. The summed E-state index contributed by atoms with van der Waals surface area (Å²) >= 11 is 0. The minimum absolute atomic E-state index is 0.0713. The molecule has 1 amide bonds. The van der Waals surface area contributed by atoms with Gasteiger partial charge in [0.15, 0.2) is 23.9 Å². The van der Waals surface area contributed by atoms with E-state index in [9.17, 15) is 4.79 Å². The van der Waals surface area contributed by atoms with Gasteiger partial charge in [0.1, 0.15) is 11.3 Å². The Morgan fingerprint density at radius 3 is 2.86 bits per heavy atom. The molecule has 0 saturated carbocycles. The van der Waals surface area contributed by atoms with Crippen LogP contribution in [-0.2, 0) is 17.8 Å². The van der Waals surface area contributed by atoms with Crippen molar-refractivity contribution in [1.29, 1.82) is 0 Å². The van der Waals surface area contributed by atoms with Crippen molar-refractivity contribution < 1.29 is 18.7 Å². The van der Waals surface area contributed by atoms with E-state index >= 15 is 0 Å². The number of carbonyl (C=O) groups excluding carboxylic acids is 1. The summed E-state index contributed by atoms with van der Waals surface area (Å²) in [6.07, 6.45) is 4.16. The van der Waals surface area contributed by atoms with E-state index in [1.165, 1.54) is 0 Å². The Balaban J connectivity index is 1.30. The van der Waals surface area contributed by atoms with E-state index in [0.29, 0.717) is 18.1 Å². The van der Waals surface area contributed by atoms with Crippen molar-refractivity contribution in [2.45, 2.75) is 32.4 Å². The first-order valence-corrected chi connectivity index (χ1v) is 9.19. The number of aromatic nitrogens is 1. The van der Waals surface area contributed by atoms with Gasteiger partial charge in [-0.15, -0.1) is 0 Å². The summed E-state index contributed by atoms with van der Waals surface area (Å²) in [6, 6.07) is 13.2. The molecule has 6 heteroatoms. The minimum Gasteiger partial charge on any atom is -0.483 e. The predicted octanol–water partition coefficient (Wildman–Crippen LogP) is 3.75. The Morgan fingerprint density at radius 2 is 2.11 bits per heavy atom. The van der Waals surface area contributed by atoms with Gasteiger partial charge in [0.25, 0.3) is 5.91 Å². The van der Waals surface area contributed by atoms with E-state index in [2.05, 4.69) is 10.3 Å². The number of benzene rings is 1. The third-order valence-electron chi connectivity index (χ3n) is 4.50. The van der Waals surface area contributed by atoms with E-state index in [1.54, 1.807) is 12.5 Å². The highest BCUT2D eigenvalue weighted by Crippen LogP contribution is 2.41. The topological polar surface area (TPSA) is 73.6 Å². The number of nitrogens with one attached hydrogen (secondary N) is 1. The van der Waals surface area contributed by atoms with Crippen LogP contribution in [0.3, 0.4) is 0 Å². The molecule has 0 fully saturated rings. The summed E-state index contributed by atoms with van der Waals surface area (Å²) < 4.78 is 17.0. The van der Waals surface area contributed by atoms with Crippen molar-refractivity contribution in [2.75, 3.05) is 6.61 Å². The van der Waals surface area contributed by atoms with Gasteiger partial charge >= 0.3 is 0 Å². The molecule has 0 saturated heterocycles. The number of amides is 1. The SMILES string of the molecule is CC1(C)Cc2cccc(OCC(=O)NCc3ccc(-c4ccco4)nc3)c2O1. The molecule has 3 aromatic rings. The van der Waals surface area contributed by atoms with Crippen LogP contribution in [0.5, 0.6) is 11.5 Å². The molecule has 0 aliphatic carbocycles. The van der Waals surface area contributed by atoms with Crippen molar-refractivity contribution in [3.8, 4) is 23.0 Å².